The summed E-state index contributed by atoms with van der Waals surface area (Å²) >= 11 is 4.05. The van der Waals surface area contributed by atoms with Crippen LogP contribution in [0, 0.1) is 5.92 Å². The molecule has 2 rings (SSSR count). The van der Waals surface area contributed by atoms with Crippen LogP contribution in [0.25, 0.3) is 0 Å². The van der Waals surface area contributed by atoms with E-state index in [4.69, 9.17) is 5.73 Å². The van der Waals surface area contributed by atoms with Gasteiger partial charge >= 0.3 is 5.97 Å². The monoisotopic (exact) mass is 528 g/mol. The molecule has 0 radical (unpaired) electrons. The Labute approximate surface area is 223 Å². The summed E-state index contributed by atoms with van der Waals surface area (Å²) in [6.45, 7) is 3.66. The van der Waals surface area contributed by atoms with Gasteiger partial charge in [-0.25, -0.2) is 4.79 Å². The second-order valence-corrected chi connectivity index (χ2v) is 9.37. The lowest BCUT2D eigenvalue weighted by molar-refractivity contribution is -0.142. The normalized spacial score (nSPS) is 14.9. The Balaban J connectivity index is 2.22. The molecular weight excluding hydrogens is 492 g/mol. The van der Waals surface area contributed by atoms with E-state index in [2.05, 4.69) is 28.6 Å². The fraction of sp³-hybridized carbons (Fsp3) is 0.407. The van der Waals surface area contributed by atoms with Gasteiger partial charge in [0, 0.05) is 18.6 Å². The van der Waals surface area contributed by atoms with Crippen molar-refractivity contribution in [3.05, 3.63) is 71.8 Å². The Morgan fingerprint density at radius 1 is 0.811 bits per heavy atom. The van der Waals surface area contributed by atoms with Crippen molar-refractivity contribution in [2.45, 2.75) is 57.3 Å². The van der Waals surface area contributed by atoms with Crippen LogP contribution in [0.4, 0.5) is 0 Å². The van der Waals surface area contributed by atoms with Crippen molar-refractivity contribution in [3.8, 4) is 0 Å². The minimum atomic E-state index is -1.18. The highest BCUT2D eigenvalue weighted by Gasteiger charge is 2.32. The number of hydrogen-bond donors (Lipinski definition) is 6. The minimum absolute atomic E-state index is 0.0946. The number of rotatable bonds is 14. The maximum absolute atomic E-state index is 13.4. The summed E-state index contributed by atoms with van der Waals surface area (Å²) in [5, 5.41) is 17.7. The van der Waals surface area contributed by atoms with Gasteiger partial charge in [0.05, 0.1) is 6.04 Å². The van der Waals surface area contributed by atoms with Crippen LogP contribution in [0.5, 0.6) is 0 Å². The second kappa shape index (κ2) is 15.0. The first kappa shape index (κ1) is 29.9. The predicted molar refractivity (Wildman–Crippen MR) is 145 cm³/mol. The summed E-state index contributed by atoms with van der Waals surface area (Å²) < 4.78 is 0. The largest absolute Gasteiger partial charge is 0.480 e. The summed E-state index contributed by atoms with van der Waals surface area (Å²) in [6, 6.07) is 14.0. The van der Waals surface area contributed by atoms with Gasteiger partial charge in [-0.15, -0.1) is 0 Å². The Morgan fingerprint density at radius 3 is 1.76 bits per heavy atom. The zero-order valence-corrected chi connectivity index (χ0v) is 22.0. The number of carboxylic acid groups (broad SMARTS) is 1. The number of nitrogens with two attached hydrogens (primary N) is 1. The van der Waals surface area contributed by atoms with Crippen molar-refractivity contribution >= 4 is 36.3 Å². The van der Waals surface area contributed by atoms with Crippen LogP contribution in [0.3, 0.4) is 0 Å². The zero-order chi connectivity index (χ0) is 27.4. The Kier molecular flexibility index (Phi) is 12.1. The maximum Gasteiger partial charge on any atom is 0.326 e. The Hall–Kier alpha value is -3.37. The number of amides is 3. The molecule has 0 aliphatic heterocycles. The van der Waals surface area contributed by atoms with Gasteiger partial charge in [-0.2, -0.15) is 12.6 Å². The molecule has 0 saturated carbocycles. The molecule has 5 unspecified atom stereocenters. The first-order valence-corrected chi connectivity index (χ1v) is 12.9. The molecule has 0 aliphatic carbocycles. The van der Waals surface area contributed by atoms with Crippen molar-refractivity contribution in [1.29, 1.82) is 0 Å². The molecule has 0 heterocycles. The SMILES string of the molecule is CCC(C)C(NC(=O)C(Cc1ccccc1)NC(=O)C(N)CS)C(=O)NC(Cc1ccccc1)C(=O)O. The first-order valence-electron chi connectivity index (χ1n) is 12.2. The molecule has 0 aromatic heterocycles. The Morgan fingerprint density at radius 2 is 1.30 bits per heavy atom. The maximum atomic E-state index is 13.4. The average molecular weight is 529 g/mol. The number of carboxylic acids is 1. The number of thiol groups is 1. The van der Waals surface area contributed by atoms with Crippen LogP contribution in [-0.2, 0) is 32.0 Å². The summed E-state index contributed by atoms with van der Waals surface area (Å²) in [5.74, 6) is -3.10. The molecule has 0 fully saturated rings. The number of aliphatic carboxylic acids is 1. The van der Waals surface area contributed by atoms with E-state index in [1.165, 1.54) is 0 Å². The van der Waals surface area contributed by atoms with E-state index in [0.29, 0.717) is 6.42 Å². The van der Waals surface area contributed by atoms with E-state index in [0.717, 1.165) is 11.1 Å². The van der Waals surface area contributed by atoms with Gasteiger partial charge in [-0.05, 0) is 17.0 Å². The third-order valence-corrected chi connectivity index (χ3v) is 6.53. The lowest BCUT2D eigenvalue weighted by Gasteiger charge is -2.28. The molecule has 9 nitrogen and oxygen atoms in total. The highest BCUT2D eigenvalue weighted by Crippen LogP contribution is 2.12. The van der Waals surface area contributed by atoms with Crippen molar-refractivity contribution in [1.82, 2.24) is 16.0 Å². The molecular formula is C27H36N4O5S. The number of nitrogens with one attached hydrogen (secondary N) is 3. The molecule has 37 heavy (non-hydrogen) atoms. The molecule has 6 N–H and O–H groups in total. The minimum Gasteiger partial charge on any atom is -0.480 e. The highest BCUT2D eigenvalue weighted by molar-refractivity contribution is 7.80. The van der Waals surface area contributed by atoms with Crippen LogP contribution >= 0.6 is 12.6 Å². The van der Waals surface area contributed by atoms with E-state index in [-0.39, 0.29) is 24.5 Å². The molecule has 200 valence electrons. The first-order chi connectivity index (χ1) is 17.7. The van der Waals surface area contributed by atoms with Crippen molar-refractivity contribution in [2.24, 2.45) is 11.7 Å². The van der Waals surface area contributed by atoms with Gasteiger partial charge < -0.3 is 26.8 Å². The number of carbonyl (C=O) groups is 4. The number of benzene rings is 2. The lowest BCUT2D eigenvalue weighted by atomic mass is 9.96. The molecule has 0 spiro atoms. The molecule has 10 heteroatoms. The molecule has 0 aliphatic rings. The highest BCUT2D eigenvalue weighted by atomic mass is 32.1. The van der Waals surface area contributed by atoms with Gasteiger partial charge in [-0.3, -0.25) is 14.4 Å². The van der Waals surface area contributed by atoms with E-state index in [9.17, 15) is 24.3 Å². The molecule has 2 aromatic rings. The van der Waals surface area contributed by atoms with Crippen molar-refractivity contribution < 1.29 is 24.3 Å². The molecule has 3 amide bonds. The van der Waals surface area contributed by atoms with Crippen LogP contribution < -0.4 is 21.7 Å². The average Bonchev–Trinajstić information content (AvgIpc) is 2.90. The van der Waals surface area contributed by atoms with E-state index in [1.807, 2.05) is 43.3 Å². The van der Waals surface area contributed by atoms with E-state index in [1.54, 1.807) is 31.2 Å². The summed E-state index contributed by atoms with van der Waals surface area (Å²) in [4.78, 5) is 50.9. The van der Waals surface area contributed by atoms with Gasteiger partial charge in [0.15, 0.2) is 0 Å². The zero-order valence-electron chi connectivity index (χ0n) is 21.1. The molecule has 0 bridgehead atoms. The van der Waals surface area contributed by atoms with Crippen LogP contribution in [-0.4, -0.2) is 58.7 Å². The molecule has 2 aromatic carbocycles. The number of hydrogen-bond acceptors (Lipinski definition) is 6. The molecule has 5 atom stereocenters. The van der Waals surface area contributed by atoms with Gasteiger partial charge in [0.1, 0.15) is 18.1 Å². The standard InChI is InChI=1S/C27H36N4O5S/c1-3-17(2)23(26(34)30-22(27(35)36)15-19-12-8-5-9-13-19)31-25(33)21(29-24(32)20(28)16-37)14-18-10-6-4-7-11-18/h4-13,17,20-23,37H,3,14-16,28H2,1-2H3,(H,29,32)(H,30,34)(H,31,33)(H,35,36). The third kappa shape index (κ3) is 9.55. The lowest BCUT2D eigenvalue weighted by Crippen LogP contribution is -2.59. The van der Waals surface area contributed by atoms with Crippen LogP contribution in [0.15, 0.2) is 60.7 Å². The quantitative estimate of drug-likeness (QED) is 0.204. The van der Waals surface area contributed by atoms with Crippen molar-refractivity contribution in [2.75, 3.05) is 5.75 Å². The Bertz CT molecular complexity index is 1040. The van der Waals surface area contributed by atoms with E-state index >= 15 is 0 Å². The predicted octanol–water partition coefficient (Wildman–Crippen LogP) is 1.31. The van der Waals surface area contributed by atoms with Crippen LogP contribution in [0.1, 0.15) is 31.4 Å². The topological polar surface area (TPSA) is 151 Å². The summed E-state index contributed by atoms with van der Waals surface area (Å²) in [6.07, 6.45) is 0.824. The van der Waals surface area contributed by atoms with Gasteiger partial charge in [0.25, 0.3) is 0 Å². The number of carbonyl (C=O) groups excluding carboxylic acids is 3. The van der Waals surface area contributed by atoms with Gasteiger partial charge in [0.2, 0.25) is 17.7 Å². The van der Waals surface area contributed by atoms with Gasteiger partial charge in [-0.1, -0.05) is 80.9 Å². The molecule has 0 saturated heterocycles. The summed E-state index contributed by atoms with van der Waals surface area (Å²) in [5.41, 5.74) is 7.35. The second-order valence-electron chi connectivity index (χ2n) is 9.00. The van der Waals surface area contributed by atoms with Crippen LogP contribution in [0.2, 0.25) is 0 Å². The smallest absolute Gasteiger partial charge is 0.326 e. The fourth-order valence-electron chi connectivity index (χ4n) is 3.69. The fourth-order valence-corrected chi connectivity index (χ4v) is 3.85. The van der Waals surface area contributed by atoms with Crippen molar-refractivity contribution in [3.63, 3.8) is 0 Å². The summed E-state index contributed by atoms with van der Waals surface area (Å²) in [7, 11) is 0. The third-order valence-electron chi connectivity index (χ3n) is 6.14. The van der Waals surface area contributed by atoms with E-state index < -0.39 is 47.9 Å².